The SMILES string of the molecule is CCC(NC(=O)CCC(C)N)c1ccc(OC)cc1.Cl. The van der Waals surface area contributed by atoms with Crippen LogP contribution in [-0.4, -0.2) is 19.1 Å². The van der Waals surface area contributed by atoms with E-state index in [-0.39, 0.29) is 30.4 Å². The highest BCUT2D eigenvalue weighted by Gasteiger charge is 2.13. The molecule has 0 heterocycles. The zero-order valence-corrected chi connectivity index (χ0v) is 13.2. The van der Waals surface area contributed by atoms with Crippen LogP contribution in [-0.2, 0) is 4.79 Å². The summed E-state index contributed by atoms with van der Waals surface area (Å²) >= 11 is 0. The summed E-state index contributed by atoms with van der Waals surface area (Å²) in [4.78, 5) is 11.8. The first kappa shape index (κ1) is 18.7. The van der Waals surface area contributed by atoms with Crippen molar-refractivity contribution >= 4 is 18.3 Å². The zero-order chi connectivity index (χ0) is 14.3. The molecule has 1 amide bonds. The maximum Gasteiger partial charge on any atom is 0.220 e. The van der Waals surface area contributed by atoms with Crippen LogP contribution < -0.4 is 15.8 Å². The van der Waals surface area contributed by atoms with E-state index in [4.69, 9.17) is 10.5 Å². The second kappa shape index (κ2) is 9.61. The molecule has 1 aromatic carbocycles. The van der Waals surface area contributed by atoms with Gasteiger partial charge in [0.15, 0.2) is 0 Å². The average Bonchev–Trinajstić information content (AvgIpc) is 2.42. The molecule has 1 aromatic rings. The molecular weight excluding hydrogens is 276 g/mol. The van der Waals surface area contributed by atoms with E-state index in [1.54, 1.807) is 7.11 Å². The van der Waals surface area contributed by atoms with Gasteiger partial charge < -0.3 is 15.8 Å². The minimum absolute atomic E-state index is 0. The molecule has 114 valence electrons. The lowest BCUT2D eigenvalue weighted by Gasteiger charge is -2.18. The number of carbonyl (C=O) groups is 1. The summed E-state index contributed by atoms with van der Waals surface area (Å²) in [5, 5.41) is 3.04. The highest BCUT2D eigenvalue weighted by atomic mass is 35.5. The van der Waals surface area contributed by atoms with Gasteiger partial charge in [0, 0.05) is 12.5 Å². The molecule has 0 aliphatic heterocycles. The number of carbonyl (C=O) groups excluding carboxylic acids is 1. The van der Waals surface area contributed by atoms with Crippen molar-refractivity contribution in [2.45, 2.75) is 45.2 Å². The van der Waals surface area contributed by atoms with Crippen molar-refractivity contribution in [1.82, 2.24) is 5.32 Å². The number of amides is 1. The third-order valence-electron chi connectivity index (χ3n) is 3.09. The predicted molar refractivity (Wildman–Crippen MR) is 84.3 cm³/mol. The second-order valence-electron chi connectivity index (χ2n) is 4.82. The molecule has 2 atom stereocenters. The molecule has 0 saturated heterocycles. The standard InChI is InChI=1S/C15H24N2O2.ClH/c1-4-14(17-15(18)10-5-11(2)16)12-6-8-13(19-3)9-7-12;/h6-9,11,14H,4-5,10,16H2,1-3H3,(H,17,18);1H. The van der Waals surface area contributed by atoms with E-state index in [1.807, 2.05) is 31.2 Å². The molecule has 0 spiro atoms. The fraction of sp³-hybridized carbons (Fsp3) is 0.533. The highest BCUT2D eigenvalue weighted by Crippen LogP contribution is 2.20. The molecule has 0 aliphatic carbocycles. The van der Waals surface area contributed by atoms with Crippen molar-refractivity contribution in [3.05, 3.63) is 29.8 Å². The topological polar surface area (TPSA) is 64.4 Å². The van der Waals surface area contributed by atoms with Crippen molar-refractivity contribution in [2.75, 3.05) is 7.11 Å². The predicted octanol–water partition coefficient (Wildman–Crippen LogP) is 2.81. The second-order valence-corrected chi connectivity index (χ2v) is 4.82. The van der Waals surface area contributed by atoms with Gasteiger partial charge >= 0.3 is 0 Å². The Labute approximate surface area is 127 Å². The van der Waals surface area contributed by atoms with Crippen molar-refractivity contribution in [3.8, 4) is 5.75 Å². The molecule has 3 N–H and O–H groups in total. The molecule has 0 fully saturated rings. The molecule has 4 nitrogen and oxygen atoms in total. The maximum absolute atomic E-state index is 11.8. The summed E-state index contributed by atoms with van der Waals surface area (Å²) in [6, 6.07) is 7.90. The van der Waals surface area contributed by atoms with Crippen LogP contribution in [0.25, 0.3) is 0 Å². The van der Waals surface area contributed by atoms with E-state index < -0.39 is 0 Å². The van der Waals surface area contributed by atoms with Crippen LogP contribution in [0.3, 0.4) is 0 Å². The van der Waals surface area contributed by atoms with E-state index in [0.29, 0.717) is 12.8 Å². The van der Waals surface area contributed by atoms with Gasteiger partial charge in [0.05, 0.1) is 13.2 Å². The Morgan fingerprint density at radius 2 is 1.95 bits per heavy atom. The molecule has 0 aromatic heterocycles. The van der Waals surface area contributed by atoms with E-state index in [1.165, 1.54) is 0 Å². The van der Waals surface area contributed by atoms with Gasteiger partial charge in [0.25, 0.3) is 0 Å². The third kappa shape index (κ3) is 6.26. The molecule has 1 rings (SSSR count). The summed E-state index contributed by atoms with van der Waals surface area (Å²) in [5.74, 6) is 0.877. The summed E-state index contributed by atoms with van der Waals surface area (Å²) in [6.07, 6.45) is 2.05. The van der Waals surface area contributed by atoms with E-state index in [2.05, 4.69) is 12.2 Å². The lowest BCUT2D eigenvalue weighted by Crippen LogP contribution is -2.29. The van der Waals surface area contributed by atoms with Gasteiger partial charge in [-0.05, 0) is 37.5 Å². The molecule has 0 aliphatic rings. The fourth-order valence-corrected chi connectivity index (χ4v) is 1.88. The van der Waals surface area contributed by atoms with Crippen LogP contribution in [0.4, 0.5) is 0 Å². The monoisotopic (exact) mass is 300 g/mol. The van der Waals surface area contributed by atoms with Crippen molar-refractivity contribution < 1.29 is 9.53 Å². The number of benzene rings is 1. The Kier molecular flexibility index (Phi) is 9.01. The number of nitrogens with one attached hydrogen (secondary N) is 1. The highest BCUT2D eigenvalue weighted by molar-refractivity contribution is 5.85. The van der Waals surface area contributed by atoms with E-state index >= 15 is 0 Å². The van der Waals surface area contributed by atoms with Crippen LogP contribution in [0, 0.1) is 0 Å². The first-order valence-electron chi connectivity index (χ1n) is 6.75. The molecule has 0 bridgehead atoms. The quantitative estimate of drug-likeness (QED) is 0.814. The normalized spacial score (nSPS) is 13.0. The third-order valence-corrected chi connectivity index (χ3v) is 3.09. The van der Waals surface area contributed by atoms with Gasteiger partial charge in [-0.3, -0.25) is 4.79 Å². The number of rotatable bonds is 7. The summed E-state index contributed by atoms with van der Waals surface area (Å²) < 4.78 is 5.13. The van der Waals surface area contributed by atoms with Crippen LogP contribution in [0.2, 0.25) is 0 Å². The first-order chi connectivity index (χ1) is 9.06. The first-order valence-corrected chi connectivity index (χ1v) is 6.75. The van der Waals surface area contributed by atoms with Crippen LogP contribution >= 0.6 is 12.4 Å². The van der Waals surface area contributed by atoms with Crippen molar-refractivity contribution in [2.24, 2.45) is 5.73 Å². The smallest absolute Gasteiger partial charge is 0.220 e. The molecular formula is C15H25ClN2O2. The number of methoxy groups -OCH3 is 1. The lowest BCUT2D eigenvalue weighted by molar-refractivity contribution is -0.122. The lowest BCUT2D eigenvalue weighted by atomic mass is 10.0. The molecule has 0 saturated carbocycles. The number of hydrogen-bond acceptors (Lipinski definition) is 3. The minimum atomic E-state index is 0. The summed E-state index contributed by atoms with van der Waals surface area (Å²) in [5.41, 5.74) is 6.75. The summed E-state index contributed by atoms with van der Waals surface area (Å²) in [6.45, 7) is 3.97. The fourth-order valence-electron chi connectivity index (χ4n) is 1.88. The van der Waals surface area contributed by atoms with Crippen LogP contribution in [0.5, 0.6) is 5.75 Å². The molecule has 0 radical (unpaired) electrons. The Balaban J connectivity index is 0.00000361. The maximum atomic E-state index is 11.8. The van der Waals surface area contributed by atoms with Gasteiger partial charge in [-0.25, -0.2) is 0 Å². The van der Waals surface area contributed by atoms with Gasteiger partial charge in [-0.15, -0.1) is 12.4 Å². The molecule has 20 heavy (non-hydrogen) atoms. The Morgan fingerprint density at radius 3 is 2.40 bits per heavy atom. The average molecular weight is 301 g/mol. The number of nitrogens with two attached hydrogens (primary N) is 1. The zero-order valence-electron chi connectivity index (χ0n) is 12.4. The van der Waals surface area contributed by atoms with E-state index in [0.717, 1.165) is 17.7 Å². The largest absolute Gasteiger partial charge is 0.497 e. The van der Waals surface area contributed by atoms with Gasteiger partial charge in [-0.2, -0.15) is 0 Å². The van der Waals surface area contributed by atoms with Gasteiger partial charge in [0.2, 0.25) is 5.91 Å². The molecule has 2 unspecified atom stereocenters. The van der Waals surface area contributed by atoms with Crippen LogP contribution in [0.1, 0.15) is 44.7 Å². The Morgan fingerprint density at radius 1 is 1.35 bits per heavy atom. The Bertz CT molecular complexity index is 393. The van der Waals surface area contributed by atoms with Gasteiger partial charge in [-0.1, -0.05) is 19.1 Å². The van der Waals surface area contributed by atoms with Crippen LogP contribution in [0.15, 0.2) is 24.3 Å². The minimum Gasteiger partial charge on any atom is -0.497 e. The number of hydrogen-bond donors (Lipinski definition) is 2. The van der Waals surface area contributed by atoms with Gasteiger partial charge in [0.1, 0.15) is 5.75 Å². The number of ether oxygens (including phenoxy) is 1. The van der Waals surface area contributed by atoms with E-state index in [9.17, 15) is 4.79 Å². The summed E-state index contributed by atoms with van der Waals surface area (Å²) in [7, 11) is 1.64. The molecule has 5 heteroatoms. The number of halogens is 1. The van der Waals surface area contributed by atoms with Crippen molar-refractivity contribution in [1.29, 1.82) is 0 Å². The Hall–Kier alpha value is -1.26. The van der Waals surface area contributed by atoms with Crippen molar-refractivity contribution in [3.63, 3.8) is 0 Å².